The number of thiophene rings is 1. The van der Waals surface area contributed by atoms with Gasteiger partial charge in [-0.05, 0) is 31.5 Å². The summed E-state index contributed by atoms with van der Waals surface area (Å²) in [5.74, 6) is -0.737. The highest BCUT2D eigenvalue weighted by atomic mass is 79.9. The lowest BCUT2D eigenvalue weighted by molar-refractivity contribution is -0.120. The molecule has 124 valence electrons. The first-order valence-electron chi connectivity index (χ1n) is 7.14. The van der Waals surface area contributed by atoms with E-state index in [0.717, 1.165) is 25.0 Å². The largest absolute Gasteiger partial charge is 0.368 e. The van der Waals surface area contributed by atoms with E-state index in [1.165, 1.54) is 18.3 Å². The molecule has 0 aliphatic rings. The minimum absolute atomic E-state index is 0.396. The van der Waals surface area contributed by atoms with Gasteiger partial charge in [-0.2, -0.15) is 0 Å². The zero-order chi connectivity index (χ0) is 17.6. The number of nitrogens with zero attached hydrogens (tertiary/aromatic N) is 1. The van der Waals surface area contributed by atoms with Gasteiger partial charge in [0.2, 0.25) is 5.91 Å². The Kier molecular flexibility index (Phi) is 4.18. The van der Waals surface area contributed by atoms with E-state index in [1.807, 2.05) is 31.2 Å². The fourth-order valence-corrected chi connectivity index (χ4v) is 3.97. The van der Waals surface area contributed by atoms with Crippen LogP contribution < -0.4 is 17.0 Å². The van der Waals surface area contributed by atoms with E-state index in [2.05, 4.69) is 20.9 Å². The van der Waals surface area contributed by atoms with E-state index >= 15 is 0 Å². The second kappa shape index (κ2) is 6.03. The van der Waals surface area contributed by atoms with Crippen LogP contribution >= 0.6 is 27.3 Å². The van der Waals surface area contributed by atoms with E-state index in [9.17, 15) is 14.4 Å². The topological polar surface area (TPSA) is 97.9 Å². The van der Waals surface area contributed by atoms with Crippen molar-refractivity contribution >= 4 is 43.4 Å². The van der Waals surface area contributed by atoms with Crippen molar-refractivity contribution in [1.29, 1.82) is 0 Å². The highest BCUT2D eigenvalue weighted by molar-refractivity contribution is 9.10. The van der Waals surface area contributed by atoms with E-state index in [-0.39, 0.29) is 0 Å². The molecule has 0 aliphatic carbocycles. The van der Waals surface area contributed by atoms with Gasteiger partial charge in [-0.1, -0.05) is 28.1 Å². The van der Waals surface area contributed by atoms with Gasteiger partial charge in [-0.3, -0.25) is 14.6 Å². The third-order valence-electron chi connectivity index (χ3n) is 3.89. The summed E-state index contributed by atoms with van der Waals surface area (Å²) in [5.41, 5.74) is 5.74. The van der Waals surface area contributed by atoms with Gasteiger partial charge in [0, 0.05) is 14.9 Å². The van der Waals surface area contributed by atoms with Gasteiger partial charge in [0.05, 0.1) is 5.39 Å². The summed E-state index contributed by atoms with van der Waals surface area (Å²) < 4.78 is 1.80. The molecule has 0 bridgehead atoms. The molecule has 6 nitrogen and oxygen atoms in total. The molecule has 0 saturated heterocycles. The smallest absolute Gasteiger partial charge is 0.330 e. The lowest BCUT2D eigenvalue weighted by Crippen LogP contribution is -2.41. The van der Waals surface area contributed by atoms with Gasteiger partial charge in [0.25, 0.3) is 5.56 Å². The Balaban J connectivity index is 2.40. The Morgan fingerprint density at radius 1 is 1.29 bits per heavy atom. The second-order valence-corrected chi connectivity index (χ2v) is 7.57. The van der Waals surface area contributed by atoms with E-state index in [1.54, 1.807) is 0 Å². The lowest BCUT2D eigenvalue weighted by atomic mass is 10.0. The number of aromatic amines is 1. The number of aryl methyl sites for hydroxylation is 1. The number of rotatable bonds is 3. The summed E-state index contributed by atoms with van der Waals surface area (Å²) >= 11 is 4.72. The summed E-state index contributed by atoms with van der Waals surface area (Å²) in [6, 6.07) is 6.53. The number of hydrogen-bond acceptors (Lipinski definition) is 4. The van der Waals surface area contributed by atoms with Crippen molar-refractivity contribution in [3.05, 3.63) is 54.5 Å². The number of H-pyrrole nitrogens is 1. The van der Waals surface area contributed by atoms with Gasteiger partial charge in [-0.25, -0.2) is 9.36 Å². The fourth-order valence-electron chi connectivity index (χ4n) is 2.65. The molecule has 1 aromatic carbocycles. The van der Waals surface area contributed by atoms with Crippen LogP contribution in [0.3, 0.4) is 0 Å². The molecule has 0 saturated carbocycles. The molecule has 0 aliphatic heterocycles. The van der Waals surface area contributed by atoms with Crippen molar-refractivity contribution in [3.8, 4) is 11.1 Å². The van der Waals surface area contributed by atoms with Gasteiger partial charge in [-0.15, -0.1) is 11.3 Å². The second-order valence-electron chi connectivity index (χ2n) is 5.43. The van der Waals surface area contributed by atoms with Crippen molar-refractivity contribution in [2.24, 2.45) is 5.73 Å². The first kappa shape index (κ1) is 16.7. The number of aromatic nitrogens is 2. The fraction of sp³-hybridized carbons (Fsp3) is 0.188. The minimum Gasteiger partial charge on any atom is -0.368 e. The van der Waals surface area contributed by atoms with Crippen LogP contribution in [0.15, 0.2) is 38.3 Å². The van der Waals surface area contributed by atoms with Crippen LogP contribution in [0.5, 0.6) is 0 Å². The molecule has 3 rings (SSSR count). The van der Waals surface area contributed by atoms with E-state index in [0.29, 0.717) is 10.2 Å². The van der Waals surface area contributed by atoms with Crippen LogP contribution in [0.2, 0.25) is 0 Å². The van der Waals surface area contributed by atoms with Crippen molar-refractivity contribution in [1.82, 2.24) is 9.55 Å². The zero-order valence-corrected chi connectivity index (χ0v) is 15.3. The van der Waals surface area contributed by atoms with Crippen LogP contribution in [0.25, 0.3) is 21.3 Å². The number of halogens is 1. The first-order chi connectivity index (χ1) is 11.3. The Morgan fingerprint density at radius 3 is 2.50 bits per heavy atom. The number of hydrogen-bond donors (Lipinski definition) is 2. The van der Waals surface area contributed by atoms with Crippen LogP contribution in [-0.2, 0) is 4.79 Å². The summed E-state index contributed by atoms with van der Waals surface area (Å²) in [6.45, 7) is 3.32. The Labute approximate surface area is 149 Å². The van der Waals surface area contributed by atoms with Gasteiger partial charge in [0.1, 0.15) is 10.9 Å². The predicted molar refractivity (Wildman–Crippen MR) is 98.5 cm³/mol. The van der Waals surface area contributed by atoms with E-state index in [4.69, 9.17) is 5.73 Å². The first-order valence-corrected chi connectivity index (χ1v) is 8.75. The molecule has 1 amide bonds. The number of carbonyl (C=O) groups is 1. The Morgan fingerprint density at radius 2 is 1.92 bits per heavy atom. The maximum absolute atomic E-state index is 12.9. The monoisotopic (exact) mass is 407 g/mol. The Hall–Kier alpha value is -2.19. The average Bonchev–Trinajstić information content (AvgIpc) is 2.84. The van der Waals surface area contributed by atoms with Crippen LogP contribution in [0.1, 0.15) is 17.8 Å². The SMILES string of the molecule is Cc1sc2[nH]c(=O)n(C(C)C(N)=O)c(=O)c2c1-c1ccc(Br)cc1. The molecular weight excluding hydrogens is 394 g/mol. The summed E-state index contributed by atoms with van der Waals surface area (Å²) in [7, 11) is 0. The molecule has 24 heavy (non-hydrogen) atoms. The van der Waals surface area contributed by atoms with Gasteiger partial charge in [0.15, 0.2) is 0 Å². The molecule has 1 unspecified atom stereocenters. The van der Waals surface area contributed by atoms with Crippen molar-refractivity contribution in [2.75, 3.05) is 0 Å². The molecule has 0 fully saturated rings. The molecule has 0 radical (unpaired) electrons. The van der Waals surface area contributed by atoms with Gasteiger partial charge < -0.3 is 5.73 Å². The maximum Gasteiger partial charge on any atom is 0.330 e. The number of primary amides is 1. The number of fused-ring (bicyclic) bond motifs is 1. The Bertz CT molecular complexity index is 1060. The zero-order valence-electron chi connectivity index (χ0n) is 12.9. The molecule has 2 aromatic heterocycles. The maximum atomic E-state index is 12.9. The summed E-state index contributed by atoms with van der Waals surface area (Å²) in [4.78, 5) is 40.6. The molecule has 3 aromatic rings. The molecule has 0 spiro atoms. The lowest BCUT2D eigenvalue weighted by Gasteiger charge is -2.10. The van der Waals surface area contributed by atoms with Crippen LogP contribution in [0.4, 0.5) is 0 Å². The van der Waals surface area contributed by atoms with Crippen molar-refractivity contribution in [2.45, 2.75) is 19.9 Å². The summed E-state index contributed by atoms with van der Waals surface area (Å²) in [5, 5.41) is 0.396. The number of nitrogens with one attached hydrogen (secondary N) is 1. The molecule has 3 N–H and O–H groups in total. The summed E-state index contributed by atoms with van der Waals surface area (Å²) in [6.07, 6.45) is 0. The molecule has 1 atom stereocenters. The molecule has 8 heteroatoms. The van der Waals surface area contributed by atoms with Crippen LogP contribution in [0, 0.1) is 6.92 Å². The number of benzene rings is 1. The average molecular weight is 408 g/mol. The minimum atomic E-state index is -1.02. The van der Waals surface area contributed by atoms with Crippen LogP contribution in [-0.4, -0.2) is 15.5 Å². The number of carbonyl (C=O) groups excluding carboxylic acids is 1. The van der Waals surface area contributed by atoms with Crippen molar-refractivity contribution in [3.63, 3.8) is 0 Å². The van der Waals surface area contributed by atoms with E-state index < -0.39 is 23.2 Å². The highest BCUT2D eigenvalue weighted by Gasteiger charge is 2.22. The predicted octanol–water partition coefficient (Wildman–Crippen LogP) is 2.54. The third kappa shape index (κ3) is 2.61. The van der Waals surface area contributed by atoms with Crippen molar-refractivity contribution < 1.29 is 4.79 Å². The quantitative estimate of drug-likeness (QED) is 0.697. The normalized spacial score (nSPS) is 12.5. The standard InChI is InChI=1S/C16H14BrN3O3S/c1-7(13(18)21)20-15(22)12-11(9-3-5-10(17)6-4-9)8(2)24-14(12)19-16(20)23/h3-7H,1-2H3,(H2,18,21)(H,19,23). The highest BCUT2D eigenvalue weighted by Crippen LogP contribution is 2.35. The number of nitrogens with two attached hydrogens (primary N) is 1. The molecule has 2 heterocycles. The molecular formula is C16H14BrN3O3S. The number of amides is 1. The third-order valence-corrected chi connectivity index (χ3v) is 5.44. The van der Waals surface area contributed by atoms with Gasteiger partial charge >= 0.3 is 5.69 Å².